The van der Waals surface area contributed by atoms with E-state index >= 15 is 0 Å². The maximum absolute atomic E-state index is 12.6. The fourth-order valence-corrected chi connectivity index (χ4v) is 3.73. The summed E-state index contributed by atoms with van der Waals surface area (Å²) in [6.45, 7) is 5.33. The van der Waals surface area contributed by atoms with Gasteiger partial charge in [0, 0.05) is 57.1 Å². The zero-order valence-electron chi connectivity index (χ0n) is 15.6. The summed E-state index contributed by atoms with van der Waals surface area (Å²) in [6.07, 6.45) is 4.52. The minimum absolute atomic E-state index is 0.00709. The first-order valence-electron chi connectivity index (χ1n) is 9.33. The molecule has 0 bridgehead atoms. The highest BCUT2D eigenvalue weighted by Crippen LogP contribution is 2.18. The Bertz CT molecular complexity index is 632. The predicted octanol–water partition coefficient (Wildman–Crippen LogP) is 1.67. The third-order valence-electron chi connectivity index (χ3n) is 5.17. The van der Waals surface area contributed by atoms with Crippen molar-refractivity contribution in [3.8, 4) is 0 Å². The smallest absolute Gasteiger partial charge is 0.317 e. The molecule has 1 unspecified atom stereocenters. The van der Waals surface area contributed by atoms with Gasteiger partial charge in [0.2, 0.25) is 0 Å². The van der Waals surface area contributed by atoms with E-state index in [9.17, 15) is 9.59 Å². The number of aromatic nitrogens is 1. The van der Waals surface area contributed by atoms with Gasteiger partial charge in [-0.05, 0) is 38.3 Å². The summed E-state index contributed by atoms with van der Waals surface area (Å²) in [7, 11) is 1.70. The third kappa shape index (κ3) is 4.52. The second-order valence-electron chi connectivity index (χ2n) is 7.28. The Labute approximate surface area is 154 Å². The Morgan fingerprint density at radius 2 is 2.08 bits per heavy atom. The molecule has 2 atom stereocenters. The van der Waals surface area contributed by atoms with Gasteiger partial charge < -0.3 is 19.9 Å². The molecule has 3 heterocycles. The van der Waals surface area contributed by atoms with Crippen LogP contribution in [0.5, 0.6) is 0 Å². The first-order valence-corrected chi connectivity index (χ1v) is 9.33. The van der Waals surface area contributed by atoms with E-state index in [0.29, 0.717) is 31.2 Å². The number of piperidine rings is 1. The Kier molecular flexibility index (Phi) is 6.08. The minimum atomic E-state index is -0.0258. The van der Waals surface area contributed by atoms with Crippen LogP contribution in [0.4, 0.5) is 4.79 Å². The van der Waals surface area contributed by atoms with Crippen LogP contribution in [0, 0.1) is 12.8 Å². The Morgan fingerprint density at radius 3 is 2.81 bits per heavy atom. The van der Waals surface area contributed by atoms with Crippen LogP contribution in [0.25, 0.3) is 0 Å². The van der Waals surface area contributed by atoms with Crippen LogP contribution in [0.3, 0.4) is 0 Å². The molecule has 142 valence electrons. The summed E-state index contributed by atoms with van der Waals surface area (Å²) in [6, 6.07) is 3.63. The lowest BCUT2D eigenvalue weighted by Crippen LogP contribution is -2.50. The van der Waals surface area contributed by atoms with Gasteiger partial charge in [0.1, 0.15) is 0 Å². The summed E-state index contributed by atoms with van der Waals surface area (Å²) in [5.41, 5.74) is 1.49. The molecule has 7 heteroatoms. The standard InChI is InChI=1S/C19H28N4O3/c1-14-5-6-16(10-20-14)18(24)22-9-7-17(12-22)21-19(25)23-8-3-4-15(11-23)13-26-2/h5-6,10,15,17H,3-4,7-9,11-13H2,1-2H3,(H,21,25)/t15-,17?/m1/s1. The summed E-state index contributed by atoms with van der Waals surface area (Å²) in [4.78, 5) is 33.0. The van der Waals surface area contributed by atoms with Crippen molar-refractivity contribution in [1.82, 2.24) is 20.1 Å². The van der Waals surface area contributed by atoms with Crippen molar-refractivity contribution >= 4 is 11.9 Å². The van der Waals surface area contributed by atoms with E-state index < -0.39 is 0 Å². The van der Waals surface area contributed by atoms with Gasteiger partial charge in [-0.15, -0.1) is 0 Å². The number of nitrogens with one attached hydrogen (secondary N) is 1. The quantitative estimate of drug-likeness (QED) is 0.886. The van der Waals surface area contributed by atoms with E-state index in [1.807, 2.05) is 17.9 Å². The van der Waals surface area contributed by atoms with Crippen LogP contribution in [0.1, 0.15) is 35.3 Å². The van der Waals surface area contributed by atoms with Gasteiger partial charge in [-0.1, -0.05) is 0 Å². The van der Waals surface area contributed by atoms with Crippen LogP contribution in [0.15, 0.2) is 18.3 Å². The van der Waals surface area contributed by atoms with Gasteiger partial charge in [-0.2, -0.15) is 0 Å². The van der Waals surface area contributed by atoms with Gasteiger partial charge in [0.15, 0.2) is 0 Å². The molecule has 2 fully saturated rings. The Hall–Kier alpha value is -2.15. The Balaban J connectivity index is 1.50. The molecule has 7 nitrogen and oxygen atoms in total. The summed E-state index contributed by atoms with van der Waals surface area (Å²) in [5.74, 6) is 0.391. The van der Waals surface area contributed by atoms with E-state index in [-0.39, 0.29) is 18.0 Å². The average Bonchev–Trinajstić information content (AvgIpc) is 3.11. The van der Waals surface area contributed by atoms with Crippen molar-refractivity contribution in [3.63, 3.8) is 0 Å². The molecule has 0 saturated carbocycles. The van der Waals surface area contributed by atoms with Crippen molar-refractivity contribution in [2.45, 2.75) is 32.2 Å². The zero-order valence-corrected chi connectivity index (χ0v) is 15.6. The molecule has 2 aliphatic rings. The van der Waals surface area contributed by atoms with Crippen molar-refractivity contribution in [3.05, 3.63) is 29.6 Å². The number of rotatable bonds is 4. The fraction of sp³-hybridized carbons (Fsp3) is 0.632. The van der Waals surface area contributed by atoms with E-state index in [4.69, 9.17) is 4.74 Å². The molecule has 3 amide bonds. The predicted molar refractivity (Wildman–Crippen MR) is 98.0 cm³/mol. The van der Waals surface area contributed by atoms with Crippen LogP contribution in [-0.2, 0) is 4.74 Å². The number of pyridine rings is 1. The Morgan fingerprint density at radius 1 is 1.23 bits per heavy atom. The minimum Gasteiger partial charge on any atom is -0.384 e. The second-order valence-corrected chi connectivity index (χ2v) is 7.28. The highest BCUT2D eigenvalue weighted by molar-refractivity contribution is 5.94. The van der Waals surface area contributed by atoms with Gasteiger partial charge in [0.25, 0.3) is 5.91 Å². The average molecular weight is 360 g/mol. The molecular formula is C19H28N4O3. The lowest BCUT2D eigenvalue weighted by molar-refractivity contribution is 0.0786. The second kappa shape index (κ2) is 8.49. The van der Waals surface area contributed by atoms with Gasteiger partial charge in [0.05, 0.1) is 12.2 Å². The number of aryl methyl sites for hydroxylation is 1. The molecule has 1 aromatic rings. The molecule has 0 aliphatic carbocycles. The normalized spacial score (nSPS) is 23.2. The molecule has 3 rings (SSSR count). The monoisotopic (exact) mass is 360 g/mol. The van der Waals surface area contributed by atoms with Crippen LogP contribution in [0.2, 0.25) is 0 Å². The SMILES string of the molecule is COC[C@@H]1CCCN(C(=O)NC2CCN(C(=O)c3ccc(C)nc3)C2)C1. The van der Waals surface area contributed by atoms with Gasteiger partial charge in [-0.25, -0.2) is 4.79 Å². The highest BCUT2D eigenvalue weighted by atomic mass is 16.5. The molecule has 26 heavy (non-hydrogen) atoms. The number of amides is 3. The van der Waals surface area contributed by atoms with Crippen LogP contribution in [-0.4, -0.2) is 72.7 Å². The van der Waals surface area contributed by atoms with Crippen molar-refractivity contribution < 1.29 is 14.3 Å². The highest BCUT2D eigenvalue weighted by Gasteiger charge is 2.30. The van der Waals surface area contributed by atoms with E-state index in [1.165, 1.54) is 0 Å². The fourth-order valence-electron chi connectivity index (χ4n) is 3.73. The number of carbonyl (C=O) groups excluding carboxylic acids is 2. The van der Waals surface area contributed by atoms with Crippen LogP contribution < -0.4 is 5.32 Å². The lowest BCUT2D eigenvalue weighted by Gasteiger charge is -2.33. The number of hydrogen-bond acceptors (Lipinski definition) is 4. The summed E-state index contributed by atoms with van der Waals surface area (Å²) < 4.78 is 5.22. The van der Waals surface area contributed by atoms with Crippen LogP contribution >= 0.6 is 0 Å². The zero-order chi connectivity index (χ0) is 18.5. The first kappa shape index (κ1) is 18.6. The number of likely N-dealkylation sites (tertiary alicyclic amines) is 2. The lowest BCUT2D eigenvalue weighted by atomic mass is 9.99. The number of nitrogens with zero attached hydrogens (tertiary/aromatic N) is 3. The molecule has 1 aromatic heterocycles. The molecule has 2 aliphatic heterocycles. The molecule has 0 aromatic carbocycles. The van der Waals surface area contributed by atoms with Crippen molar-refractivity contribution in [2.24, 2.45) is 5.92 Å². The molecule has 1 N–H and O–H groups in total. The largest absolute Gasteiger partial charge is 0.384 e. The number of ether oxygens (including phenoxy) is 1. The maximum atomic E-state index is 12.6. The first-order chi connectivity index (χ1) is 12.6. The topological polar surface area (TPSA) is 74.8 Å². The summed E-state index contributed by atoms with van der Waals surface area (Å²) in [5, 5.41) is 3.09. The number of carbonyl (C=O) groups is 2. The third-order valence-corrected chi connectivity index (χ3v) is 5.17. The van der Waals surface area contributed by atoms with E-state index in [0.717, 1.165) is 38.0 Å². The van der Waals surface area contributed by atoms with E-state index in [1.54, 1.807) is 24.3 Å². The molecule has 2 saturated heterocycles. The number of hydrogen-bond donors (Lipinski definition) is 1. The maximum Gasteiger partial charge on any atom is 0.317 e. The molecular weight excluding hydrogens is 332 g/mol. The molecule has 0 spiro atoms. The summed E-state index contributed by atoms with van der Waals surface area (Å²) >= 11 is 0. The van der Waals surface area contributed by atoms with Crippen molar-refractivity contribution in [2.75, 3.05) is 39.9 Å². The van der Waals surface area contributed by atoms with Crippen molar-refractivity contribution in [1.29, 1.82) is 0 Å². The van der Waals surface area contributed by atoms with Gasteiger partial charge >= 0.3 is 6.03 Å². The number of methoxy groups -OCH3 is 1. The van der Waals surface area contributed by atoms with Gasteiger partial charge in [-0.3, -0.25) is 9.78 Å². The van der Waals surface area contributed by atoms with E-state index in [2.05, 4.69) is 10.3 Å². The number of urea groups is 1. The molecule has 0 radical (unpaired) electrons.